The molecule has 3 nitrogen and oxygen atoms in total. The van der Waals surface area contributed by atoms with Gasteiger partial charge in [0.1, 0.15) is 0 Å². The normalized spacial score (nSPS) is 16.2. The molecule has 0 aromatic carbocycles. The molecule has 0 bridgehead atoms. The van der Waals surface area contributed by atoms with Crippen molar-refractivity contribution >= 4 is 12.0 Å². The summed E-state index contributed by atoms with van der Waals surface area (Å²) in [6, 6.07) is 1.76. The Balaban J connectivity index is 2.31. The van der Waals surface area contributed by atoms with Gasteiger partial charge in [-0.1, -0.05) is 0 Å². The molecule has 0 unspecified atom stereocenters. The minimum atomic E-state index is 0.747. The van der Waals surface area contributed by atoms with Crippen LogP contribution in [0.2, 0.25) is 0 Å². The second-order valence-corrected chi connectivity index (χ2v) is 3.25. The first-order valence-corrected chi connectivity index (χ1v) is 4.56. The van der Waals surface area contributed by atoms with Gasteiger partial charge in [-0.2, -0.15) is 0 Å². The molecule has 1 aromatic rings. The van der Waals surface area contributed by atoms with Crippen LogP contribution < -0.4 is 4.90 Å². The molecule has 1 fully saturated rings. The van der Waals surface area contributed by atoms with E-state index in [1.54, 1.807) is 18.5 Å². The van der Waals surface area contributed by atoms with Gasteiger partial charge in [0.25, 0.3) is 0 Å². The number of aromatic nitrogens is 1. The van der Waals surface area contributed by atoms with Crippen LogP contribution in [0.3, 0.4) is 0 Å². The smallest absolute Gasteiger partial charge is 0.152 e. The molecule has 0 spiro atoms. The van der Waals surface area contributed by atoms with E-state index in [4.69, 9.17) is 0 Å². The van der Waals surface area contributed by atoms with Gasteiger partial charge in [-0.05, 0) is 18.9 Å². The fourth-order valence-corrected chi connectivity index (χ4v) is 1.72. The van der Waals surface area contributed by atoms with E-state index < -0.39 is 0 Å². The van der Waals surface area contributed by atoms with E-state index in [0.29, 0.717) is 0 Å². The van der Waals surface area contributed by atoms with Gasteiger partial charge >= 0.3 is 0 Å². The lowest BCUT2D eigenvalue weighted by molar-refractivity contribution is 0.112. The van der Waals surface area contributed by atoms with E-state index in [0.717, 1.165) is 30.6 Å². The van der Waals surface area contributed by atoms with Gasteiger partial charge in [-0.15, -0.1) is 0 Å². The van der Waals surface area contributed by atoms with Crippen molar-refractivity contribution in [2.75, 3.05) is 18.0 Å². The first-order chi connectivity index (χ1) is 6.42. The van der Waals surface area contributed by atoms with Crippen LogP contribution in [-0.2, 0) is 0 Å². The third kappa shape index (κ3) is 1.54. The quantitative estimate of drug-likeness (QED) is 0.640. The molecule has 1 aliphatic heterocycles. The first kappa shape index (κ1) is 8.23. The Morgan fingerprint density at radius 1 is 1.38 bits per heavy atom. The van der Waals surface area contributed by atoms with Crippen LogP contribution in [0.1, 0.15) is 23.2 Å². The number of carbonyl (C=O) groups is 1. The Labute approximate surface area is 77.4 Å². The fraction of sp³-hybridized carbons (Fsp3) is 0.400. The monoisotopic (exact) mass is 176 g/mol. The van der Waals surface area contributed by atoms with E-state index in [-0.39, 0.29) is 0 Å². The third-order valence-corrected chi connectivity index (χ3v) is 2.41. The van der Waals surface area contributed by atoms with E-state index >= 15 is 0 Å². The average Bonchev–Trinajstić information content (AvgIpc) is 2.70. The van der Waals surface area contributed by atoms with Crippen molar-refractivity contribution in [3.05, 3.63) is 24.0 Å². The highest BCUT2D eigenvalue weighted by atomic mass is 16.1. The molecule has 0 aliphatic carbocycles. The average molecular weight is 176 g/mol. The van der Waals surface area contributed by atoms with Gasteiger partial charge in [0, 0.05) is 24.8 Å². The molecule has 0 saturated carbocycles. The summed E-state index contributed by atoms with van der Waals surface area (Å²) in [6.45, 7) is 2.10. The number of pyridine rings is 1. The second kappa shape index (κ2) is 3.56. The Morgan fingerprint density at radius 3 is 2.85 bits per heavy atom. The molecule has 2 heterocycles. The topological polar surface area (TPSA) is 33.2 Å². The molecular weight excluding hydrogens is 164 g/mol. The van der Waals surface area contributed by atoms with Gasteiger partial charge in [0.05, 0.1) is 11.9 Å². The van der Waals surface area contributed by atoms with Crippen molar-refractivity contribution in [2.45, 2.75) is 12.8 Å². The molecule has 0 radical (unpaired) electrons. The van der Waals surface area contributed by atoms with Crippen LogP contribution >= 0.6 is 0 Å². The largest absolute Gasteiger partial charge is 0.370 e. The van der Waals surface area contributed by atoms with Crippen molar-refractivity contribution in [1.82, 2.24) is 4.98 Å². The van der Waals surface area contributed by atoms with Crippen LogP contribution in [-0.4, -0.2) is 24.4 Å². The van der Waals surface area contributed by atoms with E-state index in [1.165, 1.54) is 12.8 Å². The Hall–Kier alpha value is -1.38. The number of rotatable bonds is 2. The van der Waals surface area contributed by atoms with E-state index in [1.807, 2.05) is 0 Å². The number of anilines is 1. The van der Waals surface area contributed by atoms with Gasteiger partial charge in [0.15, 0.2) is 6.29 Å². The summed E-state index contributed by atoms with van der Waals surface area (Å²) in [4.78, 5) is 17.0. The lowest BCUT2D eigenvalue weighted by Gasteiger charge is -2.18. The Kier molecular flexibility index (Phi) is 2.25. The predicted molar refractivity (Wildman–Crippen MR) is 51.1 cm³/mol. The summed E-state index contributed by atoms with van der Waals surface area (Å²) >= 11 is 0. The van der Waals surface area contributed by atoms with Gasteiger partial charge in [-0.25, -0.2) is 0 Å². The maximum Gasteiger partial charge on any atom is 0.152 e. The van der Waals surface area contributed by atoms with Crippen molar-refractivity contribution < 1.29 is 4.79 Å². The Bertz CT molecular complexity index is 306. The highest BCUT2D eigenvalue weighted by molar-refractivity contribution is 5.84. The van der Waals surface area contributed by atoms with Gasteiger partial charge in [-0.3, -0.25) is 9.78 Å². The molecule has 0 amide bonds. The summed E-state index contributed by atoms with van der Waals surface area (Å²) < 4.78 is 0. The Morgan fingerprint density at radius 2 is 2.15 bits per heavy atom. The van der Waals surface area contributed by atoms with Crippen molar-refractivity contribution in [3.63, 3.8) is 0 Å². The van der Waals surface area contributed by atoms with Crippen LogP contribution in [0.4, 0.5) is 5.69 Å². The molecule has 1 aromatic heterocycles. The standard InChI is InChI=1S/C10H12N2O/c13-8-9-3-4-11-7-10(9)12-5-1-2-6-12/h3-4,7-8H,1-2,5-6H2. The summed E-state index contributed by atoms with van der Waals surface area (Å²) in [5, 5.41) is 0. The van der Waals surface area contributed by atoms with Gasteiger partial charge in [0.2, 0.25) is 0 Å². The zero-order valence-corrected chi connectivity index (χ0v) is 7.44. The maximum atomic E-state index is 10.7. The van der Waals surface area contributed by atoms with Crippen molar-refractivity contribution in [3.8, 4) is 0 Å². The van der Waals surface area contributed by atoms with Crippen LogP contribution in [0.25, 0.3) is 0 Å². The molecule has 13 heavy (non-hydrogen) atoms. The highest BCUT2D eigenvalue weighted by Crippen LogP contribution is 2.21. The summed E-state index contributed by atoms with van der Waals surface area (Å²) in [5.41, 5.74) is 1.73. The highest BCUT2D eigenvalue weighted by Gasteiger charge is 2.14. The minimum Gasteiger partial charge on any atom is -0.370 e. The SMILES string of the molecule is O=Cc1ccncc1N1CCCC1. The molecule has 3 heteroatoms. The van der Waals surface area contributed by atoms with Crippen LogP contribution in [0.15, 0.2) is 18.5 Å². The summed E-state index contributed by atoms with van der Waals surface area (Å²) in [7, 11) is 0. The van der Waals surface area contributed by atoms with Crippen molar-refractivity contribution in [2.24, 2.45) is 0 Å². The molecule has 2 rings (SSSR count). The van der Waals surface area contributed by atoms with E-state index in [9.17, 15) is 4.79 Å². The molecule has 68 valence electrons. The number of hydrogen-bond acceptors (Lipinski definition) is 3. The number of aldehydes is 1. The van der Waals surface area contributed by atoms with E-state index in [2.05, 4.69) is 9.88 Å². The second-order valence-electron chi connectivity index (χ2n) is 3.25. The first-order valence-electron chi connectivity index (χ1n) is 4.56. The lowest BCUT2D eigenvalue weighted by Crippen LogP contribution is -2.19. The predicted octanol–water partition coefficient (Wildman–Crippen LogP) is 1.49. The minimum absolute atomic E-state index is 0.747. The molecule has 0 atom stereocenters. The molecule has 0 N–H and O–H groups in total. The molecule has 1 saturated heterocycles. The summed E-state index contributed by atoms with van der Waals surface area (Å²) in [5.74, 6) is 0. The number of nitrogens with zero attached hydrogens (tertiary/aromatic N) is 2. The van der Waals surface area contributed by atoms with Gasteiger partial charge < -0.3 is 4.90 Å². The fourth-order valence-electron chi connectivity index (χ4n) is 1.72. The number of carbonyl (C=O) groups excluding carboxylic acids is 1. The molecular formula is C10H12N2O. The van der Waals surface area contributed by atoms with Crippen LogP contribution in [0, 0.1) is 0 Å². The zero-order valence-electron chi connectivity index (χ0n) is 7.44. The maximum absolute atomic E-state index is 10.7. The summed E-state index contributed by atoms with van der Waals surface area (Å²) in [6.07, 6.45) is 6.76. The van der Waals surface area contributed by atoms with Crippen molar-refractivity contribution in [1.29, 1.82) is 0 Å². The third-order valence-electron chi connectivity index (χ3n) is 2.41. The zero-order chi connectivity index (χ0) is 9.10. The molecule has 1 aliphatic rings. The van der Waals surface area contributed by atoms with Crippen LogP contribution in [0.5, 0.6) is 0 Å². The number of hydrogen-bond donors (Lipinski definition) is 0. The lowest BCUT2D eigenvalue weighted by atomic mass is 10.2.